The molecule has 0 aromatic carbocycles. The number of nitrogens with one attached hydrogen (secondary N) is 1. The summed E-state index contributed by atoms with van der Waals surface area (Å²) in [6, 6.07) is -0.733. The molecule has 6 nitrogen and oxygen atoms in total. The van der Waals surface area contributed by atoms with Crippen LogP contribution in [0.3, 0.4) is 0 Å². The number of carbonyl (C=O) groups excluding carboxylic acids is 2. The number of rotatable bonds is 38. The maximum atomic E-state index is 13.1. The van der Waals surface area contributed by atoms with Crippen LogP contribution < -0.4 is 5.32 Å². The van der Waals surface area contributed by atoms with Crippen molar-refractivity contribution in [3.8, 4) is 0 Å². The second kappa shape index (κ2) is 42.9. The van der Waals surface area contributed by atoms with E-state index in [1.54, 1.807) is 0 Å². The molecule has 3 N–H and O–H groups in total. The van der Waals surface area contributed by atoms with E-state index in [9.17, 15) is 19.8 Å². The van der Waals surface area contributed by atoms with Crippen molar-refractivity contribution in [1.29, 1.82) is 0 Å². The molecule has 3 atom stereocenters. The summed E-state index contributed by atoms with van der Waals surface area (Å²) in [5.41, 5.74) is 0. The van der Waals surface area contributed by atoms with Gasteiger partial charge < -0.3 is 20.3 Å². The van der Waals surface area contributed by atoms with Crippen LogP contribution in [0.25, 0.3) is 0 Å². The van der Waals surface area contributed by atoms with Crippen molar-refractivity contribution in [2.24, 2.45) is 0 Å². The predicted molar refractivity (Wildman–Crippen MR) is 240 cm³/mol. The van der Waals surface area contributed by atoms with Crippen LogP contribution in [0, 0.1) is 0 Å². The summed E-state index contributed by atoms with van der Waals surface area (Å²) in [4.78, 5) is 26.0. The van der Waals surface area contributed by atoms with Crippen LogP contribution >= 0.6 is 0 Å². The van der Waals surface area contributed by atoms with Gasteiger partial charge in [0.15, 0.2) is 0 Å². The van der Waals surface area contributed by atoms with E-state index in [1.807, 2.05) is 48.6 Å². The first-order valence-electron chi connectivity index (χ1n) is 22.5. The Hall–Kier alpha value is -3.22. The molecule has 0 rings (SSSR count). The second-order valence-corrected chi connectivity index (χ2v) is 14.8. The number of hydrogen-bond donors (Lipinski definition) is 3. The molecule has 3 unspecified atom stereocenters. The SMILES string of the molecule is CC/C=C/C=C/C=C\C=C/C=C/CCCC(CC(=O)NC(CO)C(O)CCCCCCCCCCCC)OC(=O)CCCCCC/C=C/C/C=C/C/C=C/CC. The van der Waals surface area contributed by atoms with E-state index < -0.39 is 18.2 Å². The average Bonchev–Trinajstić information content (AvgIpc) is 3.19. The molecule has 56 heavy (non-hydrogen) atoms. The predicted octanol–water partition coefficient (Wildman–Crippen LogP) is 13.0. The lowest BCUT2D eigenvalue weighted by Crippen LogP contribution is -2.46. The number of hydrogen-bond acceptors (Lipinski definition) is 5. The summed E-state index contributed by atoms with van der Waals surface area (Å²) in [7, 11) is 0. The smallest absolute Gasteiger partial charge is 0.306 e. The molecule has 0 aliphatic rings. The van der Waals surface area contributed by atoms with Crippen LogP contribution in [-0.4, -0.2) is 46.9 Å². The third-order valence-corrected chi connectivity index (χ3v) is 9.54. The van der Waals surface area contributed by atoms with Gasteiger partial charge in [-0.3, -0.25) is 9.59 Å². The highest BCUT2D eigenvalue weighted by atomic mass is 16.5. The molecule has 0 aliphatic carbocycles. The molecule has 1 amide bonds. The summed E-state index contributed by atoms with van der Waals surface area (Å²) < 4.78 is 5.85. The highest BCUT2D eigenvalue weighted by Crippen LogP contribution is 2.16. The van der Waals surface area contributed by atoms with E-state index in [-0.39, 0.29) is 24.9 Å². The van der Waals surface area contributed by atoms with Crippen molar-refractivity contribution < 1.29 is 24.5 Å². The fourth-order valence-electron chi connectivity index (χ4n) is 6.17. The number of amides is 1. The number of unbranched alkanes of at least 4 members (excludes halogenated alkanes) is 14. The fourth-order valence-corrected chi connectivity index (χ4v) is 6.17. The molecule has 0 spiro atoms. The Labute approximate surface area is 344 Å². The molecular weight excluding hydrogens is 695 g/mol. The summed E-state index contributed by atoms with van der Waals surface area (Å²) >= 11 is 0. The largest absolute Gasteiger partial charge is 0.462 e. The van der Waals surface area contributed by atoms with Crippen LogP contribution in [0.2, 0.25) is 0 Å². The molecule has 0 fully saturated rings. The topological polar surface area (TPSA) is 95.9 Å². The normalized spacial score (nSPS) is 14.3. The lowest BCUT2D eigenvalue weighted by molar-refractivity contribution is -0.151. The van der Waals surface area contributed by atoms with Gasteiger partial charge in [-0.15, -0.1) is 0 Å². The second-order valence-electron chi connectivity index (χ2n) is 14.8. The van der Waals surface area contributed by atoms with Crippen molar-refractivity contribution >= 4 is 11.9 Å². The molecule has 318 valence electrons. The van der Waals surface area contributed by atoms with Gasteiger partial charge >= 0.3 is 5.97 Å². The van der Waals surface area contributed by atoms with E-state index >= 15 is 0 Å². The fraction of sp³-hybridized carbons (Fsp3) is 0.640. The summed E-state index contributed by atoms with van der Waals surface area (Å²) in [5, 5.41) is 23.6. The molecule has 0 aromatic rings. The zero-order valence-electron chi connectivity index (χ0n) is 36.0. The average molecular weight is 778 g/mol. The monoisotopic (exact) mass is 778 g/mol. The number of ether oxygens (including phenoxy) is 1. The molecule has 0 bridgehead atoms. The Bertz CT molecular complexity index is 1140. The van der Waals surface area contributed by atoms with Gasteiger partial charge in [-0.2, -0.15) is 0 Å². The third-order valence-electron chi connectivity index (χ3n) is 9.54. The van der Waals surface area contributed by atoms with Crippen molar-refractivity contribution in [1.82, 2.24) is 5.32 Å². The number of aliphatic hydroxyl groups excluding tert-OH is 2. The van der Waals surface area contributed by atoms with Crippen LogP contribution in [0.1, 0.15) is 181 Å². The van der Waals surface area contributed by atoms with Crippen LogP contribution in [0.4, 0.5) is 0 Å². The van der Waals surface area contributed by atoms with Crippen LogP contribution in [0.5, 0.6) is 0 Å². The molecule has 0 heterocycles. The minimum absolute atomic E-state index is 0.0134. The number of aliphatic hydroxyl groups is 2. The minimum Gasteiger partial charge on any atom is -0.462 e. The van der Waals surface area contributed by atoms with Gasteiger partial charge in [-0.1, -0.05) is 195 Å². The standard InChI is InChI=1S/C50H83NO5/c1-4-7-10-13-16-19-22-24-26-28-31-34-37-40-43-50(55)56-46(41-38-35-32-29-27-25-23-20-17-14-11-8-5-2)44-49(54)51-47(45-52)48(53)42-39-36-33-30-21-18-15-12-9-6-3/h7-8,10-11,14,16-17,19-20,23-27,29,32,46-48,52-53H,4-6,9,12-13,15,18,21-22,28,30-31,33-45H2,1-3H3,(H,51,54)/b10-7+,11-8+,17-14+,19-16+,23-20-,26-24+,27-25-,32-29+. The van der Waals surface area contributed by atoms with Gasteiger partial charge in [-0.05, 0) is 70.6 Å². The van der Waals surface area contributed by atoms with E-state index in [4.69, 9.17) is 4.74 Å². The Morgan fingerprint density at radius 3 is 1.70 bits per heavy atom. The van der Waals surface area contributed by atoms with Crippen molar-refractivity contribution in [3.63, 3.8) is 0 Å². The van der Waals surface area contributed by atoms with Gasteiger partial charge in [0.25, 0.3) is 0 Å². The van der Waals surface area contributed by atoms with Crippen molar-refractivity contribution in [3.05, 3.63) is 97.2 Å². The van der Waals surface area contributed by atoms with Gasteiger partial charge in [-0.25, -0.2) is 0 Å². The van der Waals surface area contributed by atoms with Gasteiger partial charge in [0, 0.05) is 6.42 Å². The third kappa shape index (κ3) is 37.7. The Morgan fingerprint density at radius 2 is 1.07 bits per heavy atom. The molecule has 0 aliphatic heterocycles. The molecule has 0 saturated carbocycles. The Balaban J connectivity index is 4.80. The van der Waals surface area contributed by atoms with E-state index in [0.29, 0.717) is 19.3 Å². The summed E-state index contributed by atoms with van der Waals surface area (Å²) in [6.45, 7) is 6.16. The first-order chi connectivity index (χ1) is 27.5. The van der Waals surface area contributed by atoms with Crippen LogP contribution in [0.15, 0.2) is 97.2 Å². The lowest BCUT2D eigenvalue weighted by atomic mass is 10.0. The minimum atomic E-state index is -0.814. The first kappa shape index (κ1) is 52.8. The zero-order valence-corrected chi connectivity index (χ0v) is 36.0. The number of allylic oxidation sites excluding steroid dienone is 16. The van der Waals surface area contributed by atoms with Crippen molar-refractivity contribution in [2.45, 2.75) is 200 Å². The molecular formula is C50H83NO5. The van der Waals surface area contributed by atoms with E-state index in [0.717, 1.165) is 89.9 Å². The van der Waals surface area contributed by atoms with Gasteiger partial charge in [0.1, 0.15) is 6.10 Å². The molecule has 0 radical (unpaired) electrons. The van der Waals surface area contributed by atoms with Crippen LogP contribution in [-0.2, 0) is 14.3 Å². The highest BCUT2D eigenvalue weighted by molar-refractivity contribution is 5.77. The summed E-state index contributed by atoms with van der Waals surface area (Å²) in [6.07, 6.45) is 56.1. The van der Waals surface area contributed by atoms with Gasteiger partial charge in [0.2, 0.25) is 5.91 Å². The zero-order chi connectivity index (χ0) is 41.0. The Kier molecular flexibility index (Phi) is 40.4. The maximum Gasteiger partial charge on any atom is 0.306 e. The molecule has 6 heteroatoms. The van der Waals surface area contributed by atoms with Crippen molar-refractivity contribution in [2.75, 3.05) is 6.61 Å². The highest BCUT2D eigenvalue weighted by Gasteiger charge is 2.23. The lowest BCUT2D eigenvalue weighted by Gasteiger charge is -2.24. The van der Waals surface area contributed by atoms with E-state index in [2.05, 4.69) is 74.7 Å². The number of esters is 1. The quantitative estimate of drug-likeness (QED) is 0.0251. The summed E-state index contributed by atoms with van der Waals surface area (Å²) in [5.74, 6) is -0.585. The van der Waals surface area contributed by atoms with E-state index in [1.165, 1.54) is 44.9 Å². The molecule has 0 aromatic heterocycles. The van der Waals surface area contributed by atoms with Gasteiger partial charge in [0.05, 0.1) is 25.2 Å². The first-order valence-corrected chi connectivity index (χ1v) is 22.5. The molecule has 0 saturated heterocycles. The maximum absolute atomic E-state index is 13.1. The number of carbonyl (C=O) groups is 2. The Morgan fingerprint density at radius 1 is 0.554 bits per heavy atom.